The Morgan fingerprint density at radius 2 is 1.50 bits per heavy atom. The lowest BCUT2D eigenvalue weighted by Gasteiger charge is -2.16. The lowest BCUT2D eigenvalue weighted by Crippen LogP contribution is -2.27. The van der Waals surface area contributed by atoms with Crippen LogP contribution in [0.15, 0.2) is 77.7 Å². The molecular formula is C22H22N4O5S. The van der Waals surface area contributed by atoms with Gasteiger partial charge in [0.05, 0.1) is 9.82 Å². The highest BCUT2D eigenvalue weighted by atomic mass is 32.2. The molecule has 0 radical (unpaired) electrons. The second kappa shape index (κ2) is 9.58. The Hall–Kier alpha value is -3.76. The van der Waals surface area contributed by atoms with Gasteiger partial charge in [0.25, 0.3) is 5.69 Å². The molecule has 3 aromatic rings. The monoisotopic (exact) mass is 454 g/mol. The normalized spacial score (nSPS) is 12.1. The summed E-state index contributed by atoms with van der Waals surface area (Å²) in [5, 5.41) is 16.5. The van der Waals surface area contributed by atoms with Gasteiger partial charge in [0.1, 0.15) is 0 Å². The van der Waals surface area contributed by atoms with Gasteiger partial charge < -0.3 is 10.6 Å². The maximum atomic E-state index is 12.8. The molecule has 0 fully saturated rings. The first kappa shape index (κ1) is 22.9. The second-order valence-electron chi connectivity index (χ2n) is 7.07. The van der Waals surface area contributed by atoms with Crippen LogP contribution in [0.1, 0.15) is 24.1 Å². The Bertz CT molecular complexity index is 1230. The zero-order valence-corrected chi connectivity index (χ0v) is 18.2. The SMILES string of the molecule is Cc1c([N+](=O)[O-])cccc1S(=O)(=O)NC(C)c1ccc(NC(=O)Nc2ccccc2)cc1. The van der Waals surface area contributed by atoms with Crippen LogP contribution in [-0.2, 0) is 10.0 Å². The van der Waals surface area contributed by atoms with Crippen molar-refractivity contribution in [1.82, 2.24) is 4.72 Å². The fourth-order valence-electron chi connectivity index (χ4n) is 3.13. The molecule has 10 heteroatoms. The van der Waals surface area contributed by atoms with Gasteiger partial charge in [-0.15, -0.1) is 0 Å². The van der Waals surface area contributed by atoms with E-state index in [0.717, 1.165) is 0 Å². The fraction of sp³-hybridized carbons (Fsp3) is 0.136. The van der Waals surface area contributed by atoms with Crippen LogP contribution in [0.3, 0.4) is 0 Å². The van der Waals surface area contributed by atoms with E-state index in [1.807, 2.05) is 18.2 Å². The Kier molecular flexibility index (Phi) is 6.86. The van der Waals surface area contributed by atoms with Crippen molar-refractivity contribution in [2.24, 2.45) is 0 Å². The van der Waals surface area contributed by atoms with Crippen LogP contribution in [0.4, 0.5) is 21.9 Å². The van der Waals surface area contributed by atoms with Crippen molar-refractivity contribution in [1.29, 1.82) is 0 Å². The minimum absolute atomic E-state index is 0.0705. The highest BCUT2D eigenvalue weighted by molar-refractivity contribution is 7.89. The highest BCUT2D eigenvalue weighted by Gasteiger charge is 2.24. The maximum absolute atomic E-state index is 12.8. The summed E-state index contributed by atoms with van der Waals surface area (Å²) in [5.41, 5.74) is 1.66. The van der Waals surface area contributed by atoms with E-state index < -0.39 is 27.0 Å². The first-order valence-electron chi connectivity index (χ1n) is 9.67. The Balaban J connectivity index is 1.68. The van der Waals surface area contributed by atoms with Crippen molar-refractivity contribution in [2.45, 2.75) is 24.8 Å². The third kappa shape index (κ3) is 5.48. The molecule has 3 aromatic carbocycles. The average molecular weight is 455 g/mol. The number of urea groups is 1. The fourth-order valence-corrected chi connectivity index (χ4v) is 4.62. The first-order chi connectivity index (χ1) is 15.2. The Morgan fingerprint density at radius 3 is 2.09 bits per heavy atom. The summed E-state index contributed by atoms with van der Waals surface area (Å²) < 4.78 is 28.1. The van der Waals surface area contributed by atoms with Crippen LogP contribution in [0.2, 0.25) is 0 Å². The van der Waals surface area contributed by atoms with Gasteiger partial charge in [-0.25, -0.2) is 17.9 Å². The van der Waals surface area contributed by atoms with Crippen molar-refractivity contribution < 1.29 is 18.1 Å². The molecule has 3 N–H and O–H groups in total. The van der Waals surface area contributed by atoms with Crippen LogP contribution in [0.25, 0.3) is 0 Å². The number of nitro groups is 1. The molecule has 0 aromatic heterocycles. The number of rotatable bonds is 7. The summed E-state index contributed by atoms with van der Waals surface area (Å²) in [4.78, 5) is 22.4. The van der Waals surface area contributed by atoms with Crippen molar-refractivity contribution in [2.75, 3.05) is 10.6 Å². The standard InChI is InChI=1S/C22H22N4O5S/c1-15-20(26(28)29)9-6-10-21(15)32(30,31)25-16(2)17-11-13-19(14-12-17)24-22(27)23-18-7-4-3-5-8-18/h3-14,16,25H,1-2H3,(H2,23,24,27). The van der Waals surface area contributed by atoms with E-state index >= 15 is 0 Å². The van der Waals surface area contributed by atoms with Gasteiger partial charge >= 0.3 is 6.03 Å². The number of carbonyl (C=O) groups excluding carboxylic acids is 1. The topological polar surface area (TPSA) is 130 Å². The summed E-state index contributed by atoms with van der Waals surface area (Å²) in [6.07, 6.45) is 0. The summed E-state index contributed by atoms with van der Waals surface area (Å²) >= 11 is 0. The third-order valence-electron chi connectivity index (χ3n) is 4.77. The van der Waals surface area contributed by atoms with Crippen LogP contribution < -0.4 is 15.4 Å². The van der Waals surface area contributed by atoms with Gasteiger partial charge in [0, 0.05) is 29.0 Å². The van der Waals surface area contributed by atoms with Crippen LogP contribution in [-0.4, -0.2) is 19.4 Å². The van der Waals surface area contributed by atoms with Gasteiger partial charge in [0.15, 0.2) is 0 Å². The summed E-state index contributed by atoms with van der Waals surface area (Å²) in [6, 6.07) is 18.6. The second-order valence-corrected chi connectivity index (χ2v) is 8.75. The van der Waals surface area contributed by atoms with E-state index in [-0.39, 0.29) is 16.1 Å². The predicted molar refractivity (Wildman–Crippen MR) is 122 cm³/mol. The van der Waals surface area contributed by atoms with E-state index in [9.17, 15) is 23.3 Å². The number of nitro benzene ring substituents is 1. The number of hydrogen-bond acceptors (Lipinski definition) is 5. The molecule has 0 heterocycles. The number of sulfonamides is 1. The summed E-state index contributed by atoms with van der Waals surface area (Å²) in [6.45, 7) is 3.06. The highest BCUT2D eigenvalue weighted by Crippen LogP contribution is 2.26. The molecule has 0 saturated carbocycles. The van der Waals surface area contributed by atoms with Crippen molar-refractivity contribution in [3.05, 3.63) is 94.0 Å². The van der Waals surface area contributed by atoms with E-state index in [1.165, 1.54) is 25.1 Å². The molecule has 1 unspecified atom stereocenters. The molecule has 0 aliphatic heterocycles. The molecule has 1 atom stereocenters. The lowest BCUT2D eigenvalue weighted by atomic mass is 10.1. The number of benzene rings is 3. The molecule has 32 heavy (non-hydrogen) atoms. The van der Waals surface area contributed by atoms with Gasteiger partial charge in [0.2, 0.25) is 10.0 Å². The van der Waals surface area contributed by atoms with E-state index in [4.69, 9.17) is 0 Å². The molecule has 3 rings (SSSR count). The van der Waals surface area contributed by atoms with E-state index in [2.05, 4.69) is 15.4 Å². The molecule has 166 valence electrons. The maximum Gasteiger partial charge on any atom is 0.323 e. The number of hydrogen-bond donors (Lipinski definition) is 3. The molecule has 9 nitrogen and oxygen atoms in total. The number of amides is 2. The van der Waals surface area contributed by atoms with Crippen molar-refractivity contribution >= 4 is 33.1 Å². The number of para-hydroxylation sites is 1. The largest absolute Gasteiger partial charge is 0.323 e. The van der Waals surface area contributed by atoms with E-state index in [1.54, 1.807) is 43.3 Å². The average Bonchev–Trinajstić information content (AvgIpc) is 2.74. The molecule has 2 amide bonds. The summed E-state index contributed by atoms with van der Waals surface area (Å²) in [5.74, 6) is 0. The smallest absolute Gasteiger partial charge is 0.308 e. The lowest BCUT2D eigenvalue weighted by molar-refractivity contribution is -0.385. The summed E-state index contributed by atoms with van der Waals surface area (Å²) in [7, 11) is -3.99. The number of nitrogens with zero attached hydrogens (tertiary/aromatic N) is 1. The van der Waals surface area contributed by atoms with Gasteiger partial charge in [-0.05, 0) is 49.7 Å². The number of anilines is 2. The Labute approximate surface area is 185 Å². The Morgan fingerprint density at radius 1 is 0.906 bits per heavy atom. The number of nitrogens with one attached hydrogen (secondary N) is 3. The molecule has 0 saturated heterocycles. The van der Waals surface area contributed by atoms with E-state index in [0.29, 0.717) is 16.9 Å². The quantitative estimate of drug-likeness (QED) is 0.355. The minimum atomic E-state index is -3.99. The van der Waals surface area contributed by atoms with Gasteiger partial charge in [-0.1, -0.05) is 36.4 Å². The van der Waals surface area contributed by atoms with Crippen LogP contribution >= 0.6 is 0 Å². The molecule has 0 aliphatic rings. The van der Waals surface area contributed by atoms with Crippen LogP contribution in [0.5, 0.6) is 0 Å². The molecular weight excluding hydrogens is 432 g/mol. The molecule has 0 spiro atoms. The minimum Gasteiger partial charge on any atom is -0.308 e. The van der Waals surface area contributed by atoms with Gasteiger partial charge in [-0.2, -0.15) is 0 Å². The molecule has 0 bridgehead atoms. The zero-order chi connectivity index (χ0) is 23.3. The van der Waals surface area contributed by atoms with Crippen LogP contribution in [0, 0.1) is 17.0 Å². The predicted octanol–water partition coefficient (Wildman–Crippen LogP) is 4.59. The van der Waals surface area contributed by atoms with Crippen molar-refractivity contribution in [3.63, 3.8) is 0 Å². The third-order valence-corrected chi connectivity index (χ3v) is 6.46. The van der Waals surface area contributed by atoms with Gasteiger partial charge in [-0.3, -0.25) is 10.1 Å². The number of carbonyl (C=O) groups is 1. The zero-order valence-electron chi connectivity index (χ0n) is 17.4. The van der Waals surface area contributed by atoms with Crippen molar-refractivity contribution in [3.8, 4) is 0 Å². The first-order valence-corrected chi connectivity index (χ1v) is 11.1. The molecule has 0 aliphatic carbocycles.